The summed E-state index contributed by atoms with van der Waals surface area (Å²) in [7, 11) is 0. The predicted molar refractivity (Wildman–Crippen MR) is 143 cm³/mol. The van der Waals surface area contributed by atoms with E-state index in [1.807, 2.05) is 6.92 Å². The Balaban J connectivity index is 1.46. The molecule has 3 aromatic rings. The van der Waals surface area contributed by atoms with Gasteiger partial charge in [0.05, 0.1) is 23.0 Å². The average Bonchev–Trinajstić information content (AvgIpc) is 3.16. The van der Waals surface area contributed by atoms with Gasteiger partial charge in [0.25, 0.3) is 16.8 Å². The number of Topliss-reactive ketones (excluding diaryl/α,β-unsaturated/α-hetero) is 1. The number of imide groups is 1. The Morgan fingerprint density at radius 1 is 1.03 bits per heavy atom. The molecule has 1 aliphatic rings. The average molecular weight is 553 g/mol. The van der Waals surface area contributed by atoms with Crippen LogP contribution in [0.5, 0.6) is 11.5 Å². The number of non-ortho nitro benzene ring substituents is 1. The van der Waals surface area contributed by atoms with Crippen LogP contribution in [0.25, 0.3) is 6.08 Å². The van der Waals surface area contributed by atoms with Crippen molar-refractivity contribution in [1.29, 1.82) is 0 Å². The zero-order valence-corrected chi connectivity index (χ0v) is 21.7. The van der Waals surface area contributed by atoms with Gasteiger partial charge < -0.3 is 9.47 Å². The molecule has 3 aromatic carbocycles. The van der Waals surface area contributed by atoms with Gasteiger partial charge in [0.1, 0.15) is 6.61 Å². The summed E-state index contributed by atoms with van der Waals surface area (Å²) < 4.78 is 11.5. The Morgan fingerprint density at radius 2 is 1.74 bits per heavy atom. The SMILES string of the molecule is CCOc1cc(/C=C2/SC(=O)N(CC(=O)c3ccc(Cl)cc3)C2=O)ccc1OCc1ccc([N+](=O)[O-])cc1. The van der Waals surface area contributed by atoms with Crippen LogP contribution in [-0.2, 0) is 11.4 Å². The molecule has 4 rings (SSSR count). The summed E-state index contributed by atoms with van der Waals surface area (Å²) in [5.41, 5.74) is 1.68. The number of hydrogen-bond donors (Lipinski definition) is 0. The minimum Gasteiger partial charge on any atom is -0.490 e. The highest BCUT2D eigenvalue weighted by atomic mass is 35.5. The number of hydrogen-bond acceptors (Lipinski definition) is 8. The second-order valence-electron chi connectivity index (χ2n) is 8.05. The number of nitro benzene ring substituents is 1. The Morgan fingerprint density at radius 3 is 2.39 bits per heavy atom. The first kappa shape index (κ1) is 26.9. The molecule has 0 bridgehead atoms. The first-order valence-corrected chi connectivity index (χ1v) is 12.6. The van der Waals surface area contributed by atoms with E-state index < -0.39 is 16.1 Å². The van der Waals surface area contributed by atoms with Crippen molar-refractivity contribution in [2.45, 2.75) is 13.5 Å². The van der Waals surface area contributed by atoms with Crippen LogP contribution in [0.2, 0.25) is 5.02 Å². The quantitative estimate of drug-likeness (QED) is 0.127. The standard InChI is InChI=1S/C27H21ClN2O7S/c1-2-36-24-13-18(5-12-23(24)37-16-17-3-10-21(11-4-17)30(34)35)14-25-26(32)29(27(33)38-25)15-22(31)19-6-8-20(28)9-7-19/h3-14H,2,15-16H2,1H3/b25-14+. The number of carbonyl (C=O) groups excluding carboxylic acids is 3. The largest absolute Gasteiger partial charge is 0.490 e. The Bertz CT molecular complexity index is 1420. The smallest absolute Gasteiger partial charge is 0.293 e. The van der Waals surface area contributed by atoms with E-state index in [9.17, 15) is 24.5 Å². The zero-order chi connectivity index (χ0) is 27.2. The fourth-order valence-corrected chi connectivity index (χ4v) is 4.50. The molecule has 11 heteroatoms. The van der Waals surface area contributed by atoms with E-state index in [0.717, 1.165) is 22.2 Å². The molecule has 0 spiro atoms. The second kappa shape index (κ2) is 11.9. The summed E-state index contributed by atoms with van der Waals surface area (Å²) in [6.45, 7) is 1.97. The third-order valence-electron chi connectivity index (χ3n) is 5.45. The van der Waals surface area contributed by atoms with Gasteiger partial charge in [0, 0.05) is 22.7 Å². The van der Waals surface area contributed by atoms with Gasteiger partial charge in [-0.25, -0.2) is 0 Å². The number of ether oxygens (including phenoxy) is 2. The van der Waals surface area contributed by atoms with Crippen LogP contribution < -0.4 is 9.47 Å². The van der Waals surface area contributed by atoms with Gasteiger partial charge in [-0.2, -0.15) is 0 Å². The number of nitrogens with zero attached hydrogens (tertiary/aromatic N) is 2. The number of thioether (sulfide) groups is 1. The number of carbonyl (C=O) groups is 3. The van der Waals surface area contributed by atoms with E-state index in [0.29, 0.717) is 34.3 Å². The van der Waals surface area contributed by atoms with Crippen LogP contribution in [0, 0.1) is 10.1 Å². The lowest BCUT2D eigenvalue weighted by molar-refractivity contribution is -0.384. The Kier molecular flexibility index (Phi) is 8.45. The van der Waals surface area contributed by atoms with E-state index in [2.05, 4.69) is 0 Å². The van der Waals surface area contributed by atoms with Crippen molar-refractivity contribution in [3.63, 3.8) is 0 Å². The van der Waals surface area contributed by atoms with Crippen LogP contribution >= 0.6 is 23.4 Å². The third-order valence-corrected chi connectivity index (χ3v) is 6.61. The first-order valence-electron chi connectivity index (χ1n) is 11.4. The highest BCUT2D eigenvalue weighted by Crippen LogP contribution is 2.35. The van der Waals surface area contributed by atoms with Gasteiger partial charge in [-0.3, -0.25) is 29.4 Å². The molecule has 194 valence electrons. The lowest BCUT2D eigenvalue weighted by atomic mass is 10.1. The van der Waals surface area contributed by atoms with Crippen LogP contribution in [0.1, 0.15) is 28.4 Å². The molecule has 0 N–H and O–H groups in total. The molecule has 0 aliphatic carbocycles. The third kappa shape index (κ3) is 6.39. The molecule has 1 fully saturated rings. The fraction of sp³-hybridized carbons (Fsp3) is 0.148. The van der Waals surface area contributed by atoms with Gasteiger partial charge in [-0.15, -0.1) is 0 Å². The first-order chi connectivity index (χ1) is 18.2. The topological polar surface area (TPSA) is 116 Å². The summed E-state index contributed by atoms with van der Waals surface area (Å²) in [6, 6.07) is 17.3. The summed E-state index contributed by atoms with van der Waals surface area (Å²) >= 11 is 6.61. The van der Waals surface area contributed by atoms with Gasteiger partial charge in [0.2, 0.25) is 0 Å². The number of nitro groups is 1. The highest BCUT2D eigenvalue weighted by molar-refractivity contribution is 8.18. The van der Waals surface area contributed by atoms with E-state index >= 15 is 0 Å². The van der Waals surface area contributed by atoms with Crippen molar-refractivity contribution in [1.82, 2.24) is 4.90 Å². The molecule has 1 aliphatic heterocycles. The van der Waals surface area contributed by atoms with Crippen molar-refractivity contribution in [2.75, 3.05) is 13.2 Å². The number of ketones is 1. The molecule has 0 atom stereocenters. The van der Waals surface area contributed by atoms with E-state index in [4.69, 9.17) is 21.1 Å². The molecule has 2 amide bonds. The van der Waals surface area contributed by atoms with Gasteiger partial charge >= 0.3 is 0 Å². The normalized spacial score (nSPS) is 14.2. The molecular formula is C27H21ClN2O7S. The van der Waals surface area contributed by atoms with Gasteiger partial charge in [0.15, 0.2) is 17.3 Å². The molecule has 1 saturated heterocycles. The zero-order valence-electron chi connectivity index (χ0n) is 20.1. The van der Waals surface area contributed by atoms with Gasteiger partial charge in [-0.05, 0) is 84.4 Å². The second-order valence-corrected chi connectivity index (χ2v) is 9.48. The summed E-state index contributed by atoms with van der Waals surface area (Å²) in [5, 5.41) is 10.8. The van der Waals surface area contributed by atoms with Crippen LogP contribution in [-0.4, -0.2) is 39.9 Å². The van der Waals surface area contributed by atoms with Crippen molar-refractivity contribution in [3.8, 4) is 11.5 Å². The van der Waals surface area contributed by atoms with Crippen molar-refractivity contribution < 1.29 is 28.8 Å². The number of benzene rings is 3. The lowest BCUT2D eigenvalue weighted by Gasteiger charge is -2.13. The summed E-state index contributed by atoms with van der Waals surface area (Å²) in [6.07, 6.45) is 1.56. The van der Waals surface area contributed by atoms with Crippen LogP contribution in [0.15, 0.2) is 71.6 Å². The molecular weight excluding hydrogens is 532 g/mol. The maximum atomic E-state index is 12.9. The predicted octanol–water partition coefficient (Wildman–Crippen LogP) is 6.15. The van der Waals surface area contributed by atoms with E-state index in [1.165, 1.54) is 12.1 Å². The van der Waals surface area contributed by atoms with Crippen molar-refractivity contribution in [2.24, 2.45) is 0 Å². The van der Waals surface area contributed by atoms with Gasteiger partial charge in [-0.1, -0.05) is 17.7 Å². The summed E-state index contributed by atoms with van der Waals surface area (Å²) in [4.78, 5) is 49.4. The molecule has 0 unspecified atom stereocenters. The minimum absolute atomic E-state index is 0.00753. The summed E-state index contributed by atoms with van der Waals surface area (Å²) in [5.74, 6) is -0.0542. The Labute approximate surface area is 227 Å². The number of amides is 2. The number of halogens is 1. The maximum absolute atomic E-state index is 12.9. The van der Waals surface area contributed by atoms with Crippen LogP contribution in [0.3, 0.4) is 0 Å². The molecule has 0 saturated carbocycles. The highest BCUT2D eigenvalue weighted by Gasteiger charge is 2.36. The maximum Gasteiger partial charge on any atom is 0.293 e. The molecule has 0 radical (unpaired) electrons. The molecule has 9 nitrogen and oxygen atoms in total. The lowest BCUT2D eigenvalue weighted by Crippen LogP contribution is -2.33. The van der Waals surface area contributed by atoms with Crippen molar-refractivity contribution in [3.05, 3.63) is 103 Å². The molecule has 38 heavy (non-hydrogen) atoms. The molecule has 1 heterocycles. The fourth-order valence-electron chi connectivity index (χ4n) is 3.54. The Hall–Kier alpha value is -4.15. The van der Waals surface area contributed by atoms with Crippen molar-refractivity contribution >= 4 is 52.1 Å². The minimum atomic E-state index is -0.557. The van der Waals surface area contributed by atoms with E-state index in [1.54, 1.807) is 60.7 Å². The number of rotatable bonds is 10. The van der Waals surface area contributed by atoms with E-state index in [-0.39, 0.29) is 29.5 Å². The monoisotopic (exact) mass is 552 g/mol. The van der Waals surface area contributed by atoms with Crippen LogP contribution in [0.4, 0.5) is 10.5 Å². The molecule has 0 aromatic heterocycles.